The smallest absolute Gasteiger partial charge is 0.341 e. The predicted molar refractivity (Wildman–Crippen MR) is 130 cm³/mol. The van der Waals surface area contributed by atoms with Crippen LogP contribution in [0.4, 0.5) is 0 Å². The molecule has 1 aromatic carbocycles. The summed E-state index contributed by atoms with van der Waals surface area (Å²) in [6.07, 6.45) is 7.37. The van der Waals surface area contributed by atoms with E-state index in [0.717, 1.165) is 35.2 Å². The number of esters is 1. The summed E-state index contributed by atoms with van der Waals surface area (Å²) in [5.74, 6) is -1.58. The van der Waals surface area contributed by atoms with E-state index in [1.54, 1.807) is 18.2 Å². The van der Waals surface area contributed by atoms with Crippen molar-refractivity contribution in [1.29, 1.82) is 0 Å². The number of unbranched alkanes of at least 4 members (excludes halogenated alkanes) is 3. The summed E-state index contributed by atoms with van der Waals surface area (Å²) < 4.78 is 33.1. The summed E-state index contributed by atoms with van der Waals surface area (Å²) in [5.41, 5.74) is 1.18. The third-order valence-corrected chi connectivity index (χ3v) is 6.98. The van der Waals surface area contributed by atoms with Crippen LogP contribution in [0.2, 0.25) is 0 Å². The summed E-state index contributed by atoms with van der Waals surface area (Å²) in [7, 11) is -2.87. The van der Waals surface area contributed by atoms with Crippen molar-refractivity contribution < 1.29 is 22.7 Å². The third-order valence-electron chi connectivity index (χ3n) is 5.20. The fourth-order valence-corrected chi connectivity index (χ4v) is 5.06. The third kappa shape index (κ3) is 6.54. The number of hydrogen-bond donors (Lipinski definition) is 0. The Kier molecular flexibility index (Phi) is 9.41. The SMILES string of the molecule is C=CCCCCCc1ccc(C(=O)C(=CC(C)C)C(=O)OC)n1S(=O)(=O)c1ccc(C)cc1. The van der Waals surface area contributed by atoms with Gasteiger partial charge in [-0.1, -0.05) is 50.1 Å². The van der Waals surface area contributed by atoms with E-state index in [1.807, 2.05) is 26.8 Å². The Morgan fingerprint density at radius 3 is 2.30 bits per heavy atom. The molecular weight excluding hydrogens is 438 g/mol. The standard InChI is InChI=1S/C26H33NO5S/c1-6-7-8-9-10-11-21-14-17-24(25(28)23(18-19(2)3)26(29)32-5)27(21)33(30,31)22-15-12-20(4)13-16-22/h6,12-19H,1,7-11H2,2-5H3. The maximum Gasteiger partial charge on any atom is 0.341 e. The van der Waals surface area contributed by atoms with Gasteiger partial charge in [-0.3, -0.25) is 4.79 Å². The highest BCUT2D eigenvalue weighted by Crippen LogP contribution is 2.25. The van der Waals surface area contributed by atoms with E-state index in [1.165, 1.54) is 31.4 Å². The molecule has 0 atom stereocenters. The van der Waals surface area contributed by atoms with Crippen molar-refractivity contribution in [3.8, 4) is 0 Å². The number of aryl methyl sites for hydroxylation is 2. The van der Waals surface area contributed by atoms with Crippen molar-refractivity contribution >= 4 is 21.8 Å². The van der Waals surface area contributed by atoms with Gasteiger partial charge in [0.1, 0.15) is 11.3 Å². The van der Waals surface area contributed by atoms with Gasteiger partial charge in [-0.05, 0) is 62.8 Å². The van der Waals surface area contributed by atoms with E-state index in [9.17, 15) is 18.0 Å². The van der Waals surface area contributed by atoms with Crippen molar-refractivity contribution in [2.75, 3.05) is 7.11 Å². The molecule has 7 heteroatoms. The van der Waals surface area contributed by atoms with Gasteiger partial charge >= 0.3 is 5.97 Å². The zero-order chi connectivity index (χ0) is 24.6. The van der Waals surface area contributed by atoms with E-state index < -0.39 is 21.8 Å². The Morgan fingerprint density at radius 2 is 1.73 bits per heavy atom. The molecule has 0 saturated carbocycles. The van der Waals surface area contributed by atoms with Crippen molar-refractivity contribution in [3.05, 3.63) is 77.7 Å². The minimum Gasteiger partial charge on any atom is -0.465 e. The molecule has 0 amide bonds. The Bertz CT molecular complexity index is 1120. The molecule has 0 bridgehead atoms. The number of carbonyl (C=O) groups excluding carboxylic acids is 2. The first-order valence-corrected chi connectivity index (χ1v) is 12.6. The molecule has 1 heterocycles. The second kappa shape index (κ2) is 11.8. The highest BCUT2D eigenvalue weighted by Gasteiger charge is 2.30. The number of rotatable bonds is 12. The Hall–Kier alpha value is -2.93. The number of nitrogens with zero attached hydrogens (tertiary/aromatic N) is 1. The largest absolute Gasteiger partial charge is 0.465 e. The maximum absolute atomic E-state index is 13.6. The van der Waals surface area contributed by atoms with Crippen LogP contribution in [0.25, 0.3) is 0 Å². The van der Waals surface area contributed by atoms with Gasteiger partial charge in [0.2, 0.25) is 5.78 Å². The lowest BCUT2D eigenvalue weighted by Crippen LogP contribution is -2.24. The zero-order valence-electron chi connectivity index (χ0n) is 19.8. The number of aromatic nitrogens is 1. The van der Waals surface area contributed by atoms with Crippen molar-refractivity contribution in [3.63, 3.8) is 0 Å². The first-order chi connectivity index (χ1) is 15.6. The number of Topliss-reactive ketones (excluding diaryl/α,β-unsaturated/α-hetero) is 1. The van der Waals surface area contributed by atoms with Gasteiger partial charge in [-0.25, -0.2) is 17.2 Å². The lowest BCUT2D eigenvalue weighted by atomic mass is 10.0. The molecule has 0 N–H and O–H groups in total. The van der Waals surface area contributed by atoms with E-state index in [4.69, 9.17) is 4.74 Å². The summed E-state index contributed by atoms with van der Waals surface area (Å²) in [6, 6.07) is 9.60. The van der Waals surface area contributed by atoms with Gasteiger partial charge in [0.05, 0.1) is 12.0 Å². The van der Waals surface area contributed by atoms with Crippen LogP contribution in [-0.4, -0.2) is 31.3 Å². The minimum absolute atomic E-state index is 0.0750. The van der Waals surface area contributed by atoms with Crippen LogP contribution in [0.5, 0.6) is 0 Å². The van der Waals surface area contributed by atoms with Crippen LogP contribution >= 0.6 is 0 Å². The number of benzene rings is 1. The van der Waals surface area contributed by atoms with Gasteiger partial charge in [-0.15, -0.1) is 6.58 Å². The molecule has 0 saturated heterocycles. The van der Waals surface area contributed by atoms with Gasteiger partial charge in [0, 0.05) is 5.69 Å². The molecule has 6 nitrogen and oxygen atoms in total. The topological polar surface area (TPSA) is 82.4 Å². The minimum atomic E-state index is -4.06. The van der Waals surface area contributed by atoms with Gasteiger partial charge in [-0.2, -0.15) is 0 Å². The molecule has 0 aliphatic rings. The Balaban J connectivity index is 2.59. The molecular formula is C26H33NO5S. The molecule has 1 aromatic heterocycles. The molecule has 33 heavy (non-hydrogen) atoms. The molecule has 2 rings (SSSR count). The lowest BCUT2D eigenvalue weighted by molar-refractivity contribution is -0.135. The molecule has 0 spiro atoms. The average molecular weight is 472 g/mol. The molecule has 0 fully saturated rings. The number of allylic oxidation sites excluding steroid dienone is 2. The fraction of sp³-hybridized carbons (Fsp3) is 0.385. The summed E-state index contributed by atoms with van der Waals surface area (Å²) in [5, 5.41) is 0. The van der Waals surface area contributed by atoms with Crippen LogP contribution in [0.3, 0.4) is 0 Å². The normalized spacial score (nSPS) is 12.1. The van der Waals surface area contributed by atoms with E-state index in [-0.39, 0.29) is 22.1 Å². The fourth-order valence-electron chi connectivity index (χ4n) is 3.51. The van der Waals surface area contributed by atoms with Crippen LogP contribution in [0, 0.1) is 12.8 Å². The molecule has 0 radical (unpaired) electrons. The monoisotopic (exact) mass is 471 g/mol. The molecule has 0 unspecified atom stereocenters. The number of ketones is 1. The molecule has 0 aliphatic heterocycles. The first kappa shape index (κ1) is 26.3. The van der Waals surface area contributed by atoms with Crippen molar-refractivity contribution in [2.45, 2.75) is 57.8 Å². The van der Waals surface area contributed by atoms with Crippen LogP contribution in [-0.2, 0) is 26.0 Å². The maximum atomic E-state index is 13.6. The molecule has 0 aliphatic carbocycles. The highest BCUT2D eigenvalue weighted by atomic mass is 32.2. The van der Waals surface area contributed by atoms with E-state index in [0.29, 0.717) is 12.1 Å². The van der Waals surface area contributed by atoms with Crippen molar-refractivity contribution in [2.24, 2.45) is 5.92 Å². The molecule has 2 aromatic rings. The Morgan fingerprint density at radius 1 is 1.06 bits per heavy atom. The molecule has 178 valence electrons. The quantitative estimate of drug-likeness (QED) is 0.0802. The predicted octanol–water partition coefficient (Wildman–Crippen LogP) is 5.26. The van der Waals surface area contributed by atoms with Crippen LogP contribution in [0.15, 0.2) is 65.6 Å². The van der Waals surface area contributed by atoms with Crippen LogP contribution < -0.4 is 0 Å². The lowest BCUT2D eigenvalue weighted by Gasteiger charge is -2.15. The van der Waals surface area contributed by atoms with Gasteiger partial charge in [0.15, 0.2) is 0 Å². The first-order valence-electron chi connectivity index (χ1n) is 11.1. The Labute approximate surface area is 197 Å². The van der Waals surface area contributed by atoms with Crippen LogP contribution in [0.1, 0.15) is 61.3 Å². The second-order valence-corrected chi connectivity index (χ2v) is 10.1. The van der Waals surface area contributed by atoms with Gasteiger partial charge in [0.25, 0.3) is 10.0 Å². The average Bonchev–Trinajstić information content (AvgIpc) is 3.21. The number of carbonyl (C=O) groups is 2. The zero-order valence-corrected chi connectivity index (χ0v) is 20.7. The highest BCUT2D eigenvalue weighted by molar-refractivity contribution is 7.90. The number of hydrogen-bond acceptors (Lipinski definition) is 5. The van der Waals surface area contributed by atoms with Crippen molar-refractivity contribution in [1.82, 2.24) is 3.97 Å². The second-order valence-electron chi connectivity index (χ2n) is 8.33. The summed E-state index contributed by atoms with van der Waals surface area (Å²) >= 11 is 0. The summed E-state index contributed by atoms with van der Waals surface area (Å²) in [6.45, 7) is 9.24. The summed E-state index contributed by atoms with van der Waals surface area (Å²) in [4.78, 5) is 25.8. The number of methoxy groups -OCH3 is 1. The van der Waals surface area contributed by atoms with Gasteiger partial charge < -0.3 is 4.74 Å². The number of ether oxygens (including phenoxy) is 1. The van der Waals surface area contributed by atoms with E-state index in [2.05, 4.69) is 6.58 Å². The van der Waals surface area contributed by atoms with E-state index >= 15 is 0 Å².